The summed E-state index contributed by atoms with van der Waals surface area (Å²) in [4.78, 5) is 17.8. The Kier molecular flexibility index (Phi) is 7.43. The highest BCUT2D eigenvalue weighted by atomic mass is 35.5. The predicted molar refractivity (Wildman–Crippen MR) is 123 cm³/mol. The number of carbonyl (C=O) groups excluding carboxylic acids is 1. The number of hydrogen-bond acceptors (Lipinski definition) is 3. The number of benzene rings is 2. The molecule has 2 unspecified atom stereocenters. The van der Waals surface area contributed by atoms with Gasteiger partial charge in [0.1, 0.15) is 6.10 Å². The Morgan fingerprint density at radius 2 is 1.73 bits per heavy atom. The van der Waals surface area contributed by atoms with Crippen molar-refractivity contribution in [3.05, 3.63) is 105 Å². The molecule has 1 aromatic heterocycles. The molecular formula is C25H23Cl2NO2. The zero-order valence-electron chi connectivity index (χ0n) is 16.8. The van der Waals surface area contributed by atoms with Gasteiger partial charge in [0.15, 0.2) is 5.78 Å². The van der Waals surface area contributed by atoms with Crippen molar-refractivity contribution in [2.75, 3.05) is 0 Å². The van der Waals surface area contributed by atoms with Gasteiger partial charge in [-0.3, -0.25) is 9.78 Å². The number of ketones is 1. The van der Waals surface area contributed by atoms with E-state index in [9.17, 15) is 9.90 Å². The average Bonchev–Trinajstić information content (AvgIpc) is 2.77. The molecule has 5 heteroatoms. The number of rotatable bonds is 7. The van der Waals surface area contributed by atoms with E-state index in [2.05, 4.69) is 11.9 Å². The van der Waals surface area contributed by atoms with E-state index in [1.54, 1.807) is 54.9 Å². The van der Waals surface area contributed by atoms with Crippen molar-refractivity contribution in [2.24, 2.45) is 5.92 Å². The molecular weight excluding hydrogens is 417 g/mol. The van der Waals surface area contributed by atoms with Gasteiger partial charge in [-0.25, -0.2) is 0 Å². The van der Waals surface area contributed by atoms with Crippen LogP contribution in [0.1, 0.15) is 47.9 Å². The number of aromatic nitrogens is 1. The van der Waals surface area contributed by atoms with Gasteiger partial charge in [-0.15, -0.1) is 0 Å². The van der Waals surface area contributed by atoms with E-state index < -0.39 is 6.10 Å². The van der Waals surface area contributed by atoms with E-state index in [1.165, 1.54) is 0 Å². The van der Waals surface area contributed by atoms with Crippen LogP contribution in [0.3, 0.4) is 0 Å². The van der Waals surface area contributed by atoms with Crippen molar-refractivity contribution < 1.29 is 9.90 Å². The number of pyridine rings is 1. The minimum absolute atomic E-state index is 0.0149. The van der Waals surface area contributed by atoms with Gasteiger partial charge in [0.05, 0.1) is 0 Å². The van der Waals surface area contributed by atoms with E-state index in [0.29, 0.717) is 26.7 Å². The van der Waals surface area contributed by atoms with Crippen molar-refractivity contribution in [1.29, 1.82) is 0 Å². The molecule has 2 atom stereocenters. The van der Waals surface area contributed by atoms with Gasteiger partial charge in [0.2, 0.25) is 0 Å². The van der Waals surface area contributed by atoms with E-state index in [4.69, 9.17) is 23.2 Å². The van der Waals surface area contributed by atoms with Crippen molar-refractivity contribution in [2.45, 2.75) is 26.4 Å². The lowest BCUT2D eigenvalue weighted by molar-refractivity contribution is 0.0987. The Morgan fingerprint density at radius 3 is 2.33 bits per heavy atom. The second-order valence-corrected chi connectivity index (χ2v) is 8.04. The third-order valence-corrected chi connectivity index (χ3v) is 5.64. The van der Waals surface area contributed by atoms with Gasteiger partial charge < -0.3 is 5.11 Å². The average molecular weight is 440 g/mol. The molecule has 0 aliphatic carbocycles. The van der Waals surface area contributed by atoms with Crippen LogP contribution in [0.15, 0.2) is 78.6 Å². The van der Waals surface area contributed by atoms with Crippen molar-refractivity contribution >= 4 is 34.6 Å². The second-order valence-electron chi connectivity index (χ2n) is 7.17. The lowest BCUT2D eigenvalue weighted by Crippen LogP contribution is -2.17. The highest BCUT2D eigenvalue weighted by Gasteiger charge is 2.28. The van der Waals surface area contributed by atoms with Crippen LogP contribution in [0.4, 0.5) is 0 Å². The van der Waals surface area contributed by atoms with Gasteiger partial charge >= 0.3 is 0 Å². The third-order valence-electron chi connectivity index (χ3n) is 5.16. The molecule has 2 aromatic carbocycles. The fourth-order valence-corrected chi connectivity index (χ4v) is 3.74. The lowest BCUT2D eigenvalue weighted by Gasteiger charge is -2.24. The van der Waals surface area contributed by atoms with Gasteiger partial charge in [-0.2, -0.15) is 0 Å². The van der Waals surface area contributed by atoms with Gasteiger partial charge in [0, 0.05) is 39.1 Å². The van der Waals surface area contributed by atoms with E-state index >= 15 is 0 Å². The molecule has 3 nitrogen and oxygen atoms in total. The molecule has 154 valence electrons. The summed E-state index contributed by atoms with van der Waals surface area (Å²) in [6.45, 7) is 4.09. The van der Waals surface area contributed by atoms with E-state index in [0.717, 1.165) is 17.6 Å². The zero-order valence-corrected chi connectivity index (χ0v) is 18.4. The van der Waals surface area contributed by atoms with Crippen LogP contribution in [-0.4, -0.2) is 15.9 Å². The van der Waals surface area contributed by atoms with Crippen LogP contribution < -0.4 is 0 Å². The number of nitrogens with zero attached hydrogens (tertiary/aromatic N) is 1. The summed E-state index contributed by atoms with van der Waals surface area (Å²) in [6.07, 6.45) is 2.86. The Morgan fingerprint density at radius 1 is 1.00 bits per heavy atom. The Hall–Kier alpha value is -2.46. The lowest BCUT2D eigenvalue weighted by atomic mass is 9.81. The minimum atomic E-state index is -1.13. The quantitative estimate of drug-likeness (QED) is 0.325. The van der Waals surface area contributed by atoms with Crippen molar-refractivity contribution in [3.8, 4) is 0 Å². The molecule has 0 saturated carbocycles. The summed E-state index contributed by atoms with van der Waals surface area (Å²) in [5.74, 6) is -0.237. The van der Waals surface area contributed by atoms with E-state index in [1.807, 2.05) is 25.1 Å². The second kappa shape index (κ2) is 10.0. The molecule has 3 aromatic rings. The number of allylic oxidation sites excluding steroid dienone is 1. The summed E-state index contributed by atoms with van der Waals surface area (Å²) < 4.78 is 0. The van der Waals surface area contributed by atoms with Gasteiger partial charge in [-0.05, 0) is 65.9 Å². The maximum Gasteiger partial charge on any atom is 0.192 e. The Balaban J connectivity index is 2.28. The van der Waals surface area contributed by atoms with Crippen LogP contribution in [0, 0.1) is 5.92 Å². The number of hydrogen-bond donors (Lipinski definition) is 1. The fourth-order valence-electron chi connectivity index (χ4n) is 3.42. The number of Topliss-reactive ketones (excluding diaryl/α,β-unsaturated/α-hetero) is 1. The zero-order chi connectivity index (χ0) is 21.7. The molecule has 0 fully saturated rings. The standard InChI is InChI=1S/C25H23Cl2NO2/c1-3-16(2)22(18-6-4-8-21(27)14-18)23(25(30)19-7-5-13-28-15-19)24(29)17-9-11-20(26)12-10-17/h4-16,25,30H,3H2,1-2H3/b23-22-. The van der Waals surface area contributed by atoms with Gasteiger partial charge in [-0.1, -0.05) is 55.2 Å². The number of aliphatic hydroxyl groups excluding tert-OH is 1. The first-order chi connectivity index (χ1) is 14.4. The van der Waals surface area contributed by atoms with Crippen LogP contribution in [0.5, 0.6) is 0 Å². The van der Waals surface area contributed by atoms with Crippen LogP contribution in [0.2, 0.25) is 10.0 Å². The molecule has 0 bridgehead atoms. The molecule has 1 heterocycles. The SMILES string of the molecule is CCC(C)/C(=C(\C(=O)c1ccc(Cl)cc1)C(O)c1cccnc1)c1cccc(Cl)c1. The molecule has 30 heavy (non-hydrogen) atoms. The van der Waals surface area contributed by atoms with Gasteiger partial charge in [0.25, 0.3) is 0 Å². The highest BCUT2D eigenvalue weighted by molar-refractivity contribution is 6.31. The molecule has 0 saturated heterocycles. The Labute approximate surface area is 187 Å². The minimum Gasteiger partial charge on any atom is -0.383 e. The maximum atomic E-state index is 13.7. The molecule has 0 aliphatic heterocycles. The summed E-state index contributed by atoms with van der Waals surface area (Å²) in [5, 5.41) is 12.4. The highest BCUT2D eigenvalue weighted by Crippen LogP contribution is 2.37. The topological polar surface area (TPSA) is 50.2 Å². The summed E-state index contributed by atoms with van der Waals surface area (Å²) in [7, 11) is 0. The maximum absolute atomic E-state index is 13.7. The van der Waals surface area contributed by atoms with Crippen molar-refractivity contribution in [3.63, 3.8) is 0 Å². The first-order valence-electron chi connectivity index (χ1n) is 9.80. The first kappa shape index (κ1) is 22.2. The molecule has 0 radical (unpaired) electrons. The summed E-state index contributed by atoms with van der Waals surface area (Å²) in [5.41, 5.74) is 2.92. The first-order valence-corrected chi connectivity index (χ1v) is 10.6. The largest absolute Gasteiger partial charge is 0.383 e. The normalized spacial score (nSPS) is 14.0. The molecule has 0 aliphatic rings. The molecule has 0 spiro atoms. The van der Waals surface area contributed by atoms with E-state index in [-0.39, 0.29) is 11.7 Å². The smallest absolute Gasteiger partial charge is 0.192 e. The summed E-state index contributed by atoms with van der Waals surface area (Å²) >= 11 is 12.3. The van der Waals surface area contributed by atoms with Crippen LogP contribution >= 0.6 is 23.2 Å². The van der Waals surface area contributed by atoms with Crippen LogP contribution in [0.25, 0.3) is 5.57 Å². The third kappa shape index (κ3) is 4.99. The Bertz CT molecular complexity index is 1050. The summed E-state index contributed by atoms with van der Waals surface area (Å²) in [6, 6.07) is 17.6. The number of aliphatic hydroxyl groups is 1. The number of halogens is 2. The molecule has 3 rings (SSSR count). The fraction of sp³-hybridized carbons (Fsp3) is 0.200. The van der Waals surface area contributed by atoms with Crippen LogP contribution in [-0.2, 0) is 0 Å². The molecule has 0 amide bonds. The number of carbonyl (C=O) groups is 1. The predicted octanol–water partition coefficient (Wildman–Crippen LogP) is 6.80. The molecule has 1 N–H and O–H groups in total. The van der Waals surface area contributed by atoms with Crippen molar-refractivity contribution in [1.82, 2.24) is 4.98 Å². The monoisotopic (exact) mass is 439 g/mol.